The Balaban J connectivity index is 1.70. The van der Waals surface area contributed by atoms with E-state index in [1.165, 1.54) is 0 Å². The number of rotatable bonds is 6. The van der Waals surface area contributed by atoms with Gasteiger partial charge in [-0.05, 0) is 36.2 Å². The third kappa shape index (κ3) is 3.32. The number of thioether (sulfide) groups is 1. The van der Waals surface area contributed by atoms with Gasteiger partial charge in [0.15, 0.2) is 11.5 Å². The molecule has 5 nitrogen and oxygen atoms in total. The van der Waals surface area contributed by atoms with Crippen molar-refractivity contribution < 1.29 is 18.7 Å². The molecule has 122 valence electrons. The number of hydrogen-bond donors (Lipinski definition) is 0. The molecule has 1 unspecified atom stereocenters. The third-order valence-corrected chi connectivity index (χ3v) is 5.06. The first-order valence-electron chi connectivity index (χ1n) is 7.38. The minimum atomic E-state index is -0.0300. The summed E-state index contributed by atoms with van der Waals surface area (Å²) in [6.45, 7) is 0.646. The summed E-state index contributed by atoms with van der Waals surface area (Å²) in [7, 11) is 3.24. The summed E-state index contributed by atoms with van der Waals surface area (Å²) >= 11 is 1.60. The molecule has 23 heavy (non-hydrogen) atoms. The molecule has 2 aromatic rings. The minimum Gasteiger partial charge on any atom is -0.493 e. The second kappa shape index (κ2) is 7.00. The molecule has 0 saturated carbocycles. The highest BCUT2D eigenvalue weighted by molar-refractivity contribution is 8.00. The maximum atomic E-state index is 12.1. The monoisotopic (exact) mass is 333 g/mol. The standard InChI is InChI=1S/C17H19NO4S/c1-20-13-6-5-12(10-15(13)21-2)7-8-18-16(19)11-23-17(18)14-4-3-9-22-14/h3-6,9-10,17H,7-8,11H2,1-2H3. The molecule has 0 bridgehead atoms. The second-order valence-electron chi connectivity index (χ2n) is 5.21. The molecular weight excluding hydrogens is 314 g/mol. The number of furan rings is 1. The fourth-order valence-corrected chi connectivity index (χ4v) is 3.82. The van der Waals surface area contributed by atoms with Gasteiger partial charge in [-0.15, -0.1) is 11.8 Å². The van der Waals surface area contributed by atoms with Crippen LogP contribution in [0.25, 0.3) is 0 Å². The van der Waals surface area contributed by atoms with E-state index in [1.54, 1.807) is 32.2 Å². The Morgan fingerprint density at radius 3 is 2.78 bits per heavy atom. The number of carbonyl (C=O) groups is 1. The van der Waals surface area contributed by atoms with Crippen LogP contribution in [0.5, 0.6) is 11.5 Å². The zero-order valence-corrected chi connectivity index (χ0v) is 14.0. The number of carbonyl (C=O) groups excluding carboxylic acids is 1. The van der Waals surface area contributed by atoms with Crippen molar-refractivity contribution in [2.24, 2.45) is 0 Å². The van der Waals surface area contributed by atoms with Gasteiger partial charge in [0.05, 0.1) is 26.2 Å². The van der Waals surface area contributed by atoms with Crippen LogP contribution < -0.4 is 9.47 Å². The van der Waals surface area contributed by atoms with Gasteiger partial charge in [-0.2, -0.15) is 0 Å². The van der Waals surface area contributed by atoms with E-state index < -0.39 is 0 Å². The number of amides is 1. The molecule has 1 atom stereocenters. The zero-order chi connectivity index (χ0) is 16.2. The molecule has 2 heterocycles. The lowest BCUT2D eigenvalue weighted by Crippen LogP contribution is -2.30. The number of hydrogen-bond acceptors (Lipinski definition) is 5. The Labute approximate surface area is 139 Å². The molecule has 0 aliphatic carbocycles. The maximum Gasteiger partial charge on any atom is 0.233 e. The van der Waals surface area contributed by atoms with Crippen molar-refractivity contribution in [3.05, 3.63) is 47.9 Å². The van der Waals surface area contributed by atoms with Crippen molar-refractivity contribution >= 4 is 17.7 Å². The molecule has 1 aliphatic rings. The molecule has 0 spiro atoms. The second-order valence-corrected chi connectivity index (χ2v) is 6.27. The predicted molar refractivity (Wildman–Crippen MR) is 88.9 cm³/mol. The first kappa shape index (κ1) is 15.8. The molecule has 1 aromatic carbocycles. The Morgan fingerprint density at radius 2 is 2.09 bits per heavy atom. The van der Waals surface area contributed by atoms with Crippen molar-refractivity contribution in [3.63, 3.8) is 0 Å². The van der Waals surface area contributed by atoms with Gasteiger partial charge in [0.25, 0.3) is 0 Å². The number of benzene rings is 1. The Bertz CT molecular complexity index is 671. The molecule has 1 saturated heterocycles. The van der Waals surface area contributed by atoms with Gasteiger partial charge in [0.2, 0.25) is 5.91 Å². The quantitative estimate of drug-likeness (QED) is 0.813. The molecule has 1 amide bonds. The summed E-state index contributed by atoms with van der Waals surface area (Å²) in [5.74, 6) is 2.88. The minimum absolute atomic E-state index is 0.0300. The summed E-state index contributed by atoms with van der Waals surface area (Å²) in [5, 5.41) is -0.0300. The van der Waals surface area contributed by atoms with E-state index in [0.29, 0.717) is 23.8 Å². The smallest absolute Gasteiger partial charge is 0.233 e. The van der Waals surface area contributed by atoms with Crippen molar-refractivity contribution in [1.29, 1.82) is 0 Å². The van der Waals surface area contributed by atoms with Crippen LogP contribution in [0.1, 0.15) is 16.7 Å². The van der Waals surface area contributed by atoms with Crippen molar-refractivity contribution in [3.8, 4) is 11.5 Å². The lowest BCUT2D eigenvalue weighted by molar-refractivity contribution is -0.128. The highest BCUT2D eigenvalue weighted by Crippen LogP contribution is 2.38. The maximum absolute atomic E-state index is 12.1. The van der Waals surface area contributed by atoms with Crippen LogP contribution in [-0.4, -0.2) is 37.3 Å². The topological polar surface area (TPSA) is 51.9 Å². The lowest BCUT2D eigenvalue weighted by atomic mass is 10.1. The van der Waals surface area contributed by atoms with Crippen LogP contribution in [-0.2, 0) is 11.2 Å². The highest BCUT2D eigenvalue weighted by Gasteiger charge is 2.34. The lowest BCUT2D eigenvalue weighted by Gasteiger charge is -2.22. The normalized spacial score (nSPS) is 17.6. The van der Waals surface area contributed by atoms with Gasteiger partial charge in [0.1, 0.15) is 11.1 Å². The van der Waals surface area contributed by atoms with E-state index in [-0.39, 0.29) is 11.3 Å². The van der Waals surface area contributed by atoms with Gasteiger partial charge in [0, 0.05) is 6.54 Å². The summed E-state index contributed by atoms with van der Waals surface area (Å²) in [6.07, 6.45) is 2.40. The first-order valence-corrected chi connectivity index (χ1v) is 8.43. The van der Waals surface area contributed by atoms with Gasteiger partial charge in [-0.3, -0.25) is 4.79 Å². The predicted octanol–water partition coefficient (Wildman–Crippen LogP) is 3.11. The SMILES string of the molecule is COc1ccc(CCN2C(=O)CSC2c2ccco2)cc1OC. The Kier molecular flexibility index (Phi) is 4.81. The van der Waals surface area contributed by atoms with Crippen LogP contribution in [0.15, 0.2) is 41.0 Å². The summed E-state index contributed by atoms with van der Waals surface area (Å²) in [6, 6.07) is 9.61. The summed E-state index contributed by atoms with van der Waals surface area (Å²) in [5.41, 5.74) is 1.10. The Hall–Kier alpha value is -2.08. The van der Waals surface area contributed by atoms with Gasteiger partial charge in [-0.1, -0.05) is 6.07 Å². The van der Waals surface area contributed by atoms with E-state index in [2.05, 4.69) is 0 Å². The third-order valence-electron chi connectivity index (χ3n) is 3.84. The fraction of sp³-hybridized carbons (Fsp3) is 0.353. The van der Waals surface area contributed by atoms with Crippen LogP contribution in [0.3, 0.4) is 0 Å². The largest absolute Gasteiger partial charge is 0.493 e. The van der Waals surface area contributed by atoms with Crippen LogP contribution in [0, 0.1) is 0 Å². The molecular formula is C17H19NO4S. The Morgan fingerprint density at radius 1 is 1.26 bits per heavy atom. The van der Waals surface area contributed by atoms with Crippen molar-refractivity contribution in [2.75, 3.05) is 26.5 Å². The van der Waals surface area contributed by atoms with E-state index in [9.17, 15) is 4.79 Å². The number of nitrogens with zero attached hydrogens (tertiary/aromatic N) is 1. The highest BCUT2D eigenvalue weighted by atomic mass is 32.2. The van der Waals surface area contributed by atoms with E-state index in [4.69, 9.17) is 13.9 Å². The molecule has 1 fully saturated rings. The van der Waals surface area contributed by atoms with E-state index in [1.807, 2.05) is 35.2 Å². The van der Waals surface area contributed by atoms with Crippen molar-refractivity contribution in [2.45, 2.75) is 11.8 Å². The van der Waals surface area contributed by atoms with Crippen LogP contribution >= 0.6 is 11.8 Å². The first-order chi connectivity index (χ1) is 11.2. The number of methoxy groups -OCH3 is 2. The van der Waals surface area contributed by atoms with E-state index in [0.717, 1.165) is 17.7 Å². The summed E-state index contributed by atoms with van der Waals surface area (Å²) in [4.78, 5) is 14.0. The number of ether oxygens (including phenoxy) is 2. The van der Waals surface area contributed by atoms with E-state index >= 15 is 0 Å². The van der Waals surface area contributed by atoms with Gasteiger partial charge < -0.3 is 18.8 Å². The fourth-order valence-electron chi connectivity index (χ4n) is 2.65. The average molecular weight is 333 g/mol. The molecule has 6 heteroatoms. The van der Waals surface area contributed by atoms with Gasteiger partial charge in [-0.25, -0.2) is 0 Å². The van der Waals surface area contributed by atoms with Gasteiger partial charge >= 0.3 is 0 Å². The average Bonchev–Trinajstić information content (AvgIpc) is 3.22. The van der Waals surface area contributed by atoms with Crippen LogP contribution in [0.4, 0.5) is 0 Å². The molecule has 0 N–H and O–H groups in total. The molecule has 1 aromatic heterocycles. The van der Waals surface area contributed by atoms with Crippen molar-refractivity contribution in [1.82, 2.24) is 4.90 Å². The zero-order valence-electron chi connectivity index (χ0n) is 13.2. The summed E-state index contributed by atoms with van der Waals surface area (Å²) < 4.78 is 16.0. The molecule has 1 aliphatic heterocycles. The molecule has 3 rings (SSSR count). The molecule has 0 radical (unpaired) electrons. The van der Waals surface area contributed by atoms with Crippen LogP contribution in [0.2, 0.25) is 0 Å².